The summed E-state index contributed by atoms with van der Waals surface area (Å²) in [6, 6.07) is 20.8. The van der Waals surface area contributed by atoms with Gasteiger partial charge in [-0.1, -0.05) is 60.2 Å². The third kappa shape index (κ3) is 4.06. The third-order valence-electron chi connectivity index (χ3n) is 5.60. The van der Waals surface area contributed by atoms with Crippen molar-refractivity contribution in [2.75, 3.05) is 0 Å². The molecule has 4 rings (SSSR count). The summed E-state index contributed by atoms with van der Waals surface area (Å²) in [4.78, 5) is 0.193. The summed E-state index contributed by atoms with van der Waals surface area (Å²) >= 11 is 0. The molecule has 0 atom stereocenters. The van der Waals surface area contributed by atoms with Crippen molar-refractivity contribution in [3.63, 3.8) is 0 Å². The van der Waals surface area contributed by atoms with Crippen molar-refractivity contribution in [2.45, 2.75) is 39.5 Å². The van der Waals surface area contributed by atoms with E-state index >= 15 is 0 Å². The maximum atomic E-state index is 13.4. The Hall–Kier alpha value is -3.38. The average Bonchev–Trinajstić information content (AvgIpc) is 3.12. The molecule has 0 fully saturated rings. The number of benzene rings is 3. The molecule has 0 N–H and O–H groups in total. The van der Waals surface area contributed by atoms with E-state index in [4.69, 9.17) is 9.28 Å². The average molecular weight is 447 g/mol. The SMILES string of the molecule is Cc1cc(C)c(S(=O)(=O)Oc2cc(-c3ccccc3)nn2-c2cccc(C)c2C)c(C)c1. The highest BCUT2D eigenvalue weighted by molar-refractivity contribution is 7.87. The summed E-state index contributed by atoms with van der Waals surface area (Å²) in [7, 11) is -4.07. The monoisotopic (exact) mass is 446 g/mol. The van der Waals surface area contributed by atoms with E-state index in [2.05, 4.69) is 0 Å². The molecule has 0 aliphatic carbocycles. The van der Waals surface area contributed by atoms with Gasteiger partial charge in [-0.05, 0) is 62.9 Å². The summed E-state index contributed by atoms with van der Waals surface area (Å²) in [5, 5.41) is 4.72. The first-order valence-electron chi connectivity index (χ1n) is 10.4. The summed E-state index contributed by atoms with van der Waals surface area (Å²) in [5.41, 5.74) is 6.68. The largest absolute Gasteiger partial charge is 0.358 e. The van der Waals surface area contributed by atoms with Crippen molar-refractivity contribution in [2.24, 2.45) is 0 Å². The second-order valence-corrected chi connectivity index (χ2v) is 9.61. The Balaban J connectivity index is 1.88. The van der Waals surface area contributed by atoms with Gasteiger partial charge < -0.3 is 4.18 Å². The molecule has 3 aromatic carbocycles. The molecule has 0 radical (unpaired) electrons. The normalized spacial score (nSPS) is 11.5. The molecule has 0 aliphatic rings. The van der Waals surface area contributed by atoms with Gasteiger partial charge in [0.15, 0.2) is 0 Å². The van der Waals surface area contributed by atoms with Crippen molar-refractivity contribution in [3.8, 4) is 22.8 Å². The molecular weight excluding hydrogens is 420 g/mol. The Morgan fingerprint density at radius 3 is 2.09 bits per heavy atom. The highest BCUT2D eigenvalue weighted by atomic mass is 32.2. The Bertz CT molecular complexity index is 1380. The maximum Gasteiger partial charge on any atom is 0.341 e. The van der Waals surface area contributed by atoms with E-state index in [1.807, 2.05) is 81.4 Å². The van der Waals surface area contributed by atoms with Crippen LogP contribution in [0.2, 0.25) is 0 Å². The molecule has 0 amide bonds. The molecule has 0 unspecified atom stereocenters. The molecule has 32 heavy (non-hydrogen) atoms. The minimum atomic E-state index is -4.07. The third-order valence-corrected chi connectivity index (χ3v) is 7.13. The van der Waals surface area contributed by atoms with Gasteiger partial charge in [0.25, 0.3) is 0 Å². The lowest BCUT2D eigenvalue weighted by Gasteiger charge is -2.15. The Morgan fingerprint density at radius 2 is 1.44 bits per heavy atom. The lowest BCUT2D eigenvalue weighted by Crippen LogP contribution is -2.15. The fourth-order valence-corrected chi connectivity index (χ4v) is 5.36. The van der Waals surface area contributed by atoms with Crippen LogP contribution in [0.25, 0.3) is 16.9 Å². The molecule has 0 saturated heterocycles. The quantitative estimate of drug-likeness (QED) is 0.361. The van der Waals surface area contributed by atoms with E-state index in [1.165, 1.54) is 0 Å². The van der Waals surface area contributed by atoms with Gasteiger partial charge in [-0.2, -0.15) is 18.2 Å². The second kappa shape index (κ2) is 8.28. The molecule has 164 valence electrons. The van der Waals surface area contributed by atoms with E-state index in [1.54, 1.807) is 24.6 Å². The highest BCUT2D eigenvalue weighted by Gasteiger charge is 2.26. The zero-order chi connectivity index (χ0) is 23.0. The molecular formula is C26H26N2O3S. The van der Waals surface area contributed by atoms with Gasteiger partial charge in [0.2, 0.25) is 5.88 Å². The van der Waals surface area contributed by atoms with Crippen LogP contribution in [0.3, 0.4) is 0 Å². The number of hydrogen-bond acceptors (Lipinski definition) is 4. The van der Waals surface area contributed by atoms with Crippen molar-refractivity contribution in [3.05, 3.63) is 94.5 Å². The molecule has 0 aliphatic heterocycles. The van der Waals surface area contributed by atoms with Crippen LogP contribution in [0.5, 0.6) is 5.88 Å². The van der Waals surface area contributed by atoms with Crippen LogP contribution in [-0.4, -0.2) is 18.2 Å². The van der Waals surface area contributed by atoms with Gasteiger partial charge in [0, 0.05) is 11.6 Å². The second-order valence-electron chi connectivity index (χ2n) is 8.13. The zero-order valence-electron chi connectivity index (χ0n) is 18.9. The summed E-state index contributed by atoms with van der Waals surface area (Å²) in [6.07, 6.45) is 0. The number of rotatable bonds is 5. The molecule has 4 aromatic rings. The topological polar surface area (TPSA) is 61.2 Å². The van der Waals surface area contributed by atoms with E-state index in [0.717, 1.165) is 27.9 Å². The van der Waals surface area contributed by atoms with Crippen molar-refractivity contribution in [1.82, 2.24) is 9.78 Å². The minimum absolute atomic E-state index is 0.150. The van der Waals surface area contributed by atoms with Gasteiger partial charge in [0.1, 0.15) is 4.90 Å². The lowest BCUT2D eigenvalue weighted by molar-refractivity contribution is 0.463. The lowest BCUT2D eigenvalue weighted by atomic mass is 10.1. The molecule has 1 aromatic heterocycles. The number of hydrogen-bond donors (Lipinski definition) is 0. The number of aryl methyl sites for hydroxylation is 4. The zero-order valence-corrected chi connectivity index (χ0v) is 19.7. The van der Waals surface area contributed by atoms with Crippen LogP contribution in [0.4, 0.5) is 0 Å². The fourth-order valence-electron chi connectivity index (χ4n) is 4.03. The van der Waals surface area contributed by atoms with Crippen LogP contribution in [-0.2, 0) is 10.1 Å². The first-order chi connectivity index (χ1) is 15.2. The predicted molar refractivity (Wildman–Crippen MR) is 127 cm³/mol. The van der Waals surface area contributed by atoms with Crippen LogP contribution >= 0.6 is 0 Å². The number of nitrogens with zero attached hydrogens (tertiary/aromatic N) is 2. The van der Waals surface area contributed by atoms with Crippen LogP contribution in [0, 0.1) is 34.6 Å². The first kappa shape index (κ1) is 21.8. The van der Waals surface area contributed by atoms with Gasteiger partial charge in [0.05, 0.1) is 11.4 Å². The Morgan fingerprint density at radius 1 is 0.781 bits per heavy atom. The molecule has 0 bridgehead atoms. The molecule has 1 heterocycles. The summed E-state index contributed by atoms with van der Waals surface area (Å²) < 4.78 is 34.1. The summed E-state index contributed by atoms with van der Waals surface area (Å²) in [5.74, 6) is 0.150. The smallest absolute Gasteiger partial charge is 0.341 e. The van der Waals surface area contributed by atoms with E-state index in [9.17, 15) is 8.42 Å². The molecule has 6 heteroatoms. The van der Waals surface area contributed by atoms with Gasteiger partial charge in [-0.3, -0.25) is 0 Å². The van der Waals surface area contributed by atoms with Crippen molar-refractivity contribution >= 4 is 10.1 Å². The molecule has 5 nitrogen and oxygen atoms in total. The molecule has 0 saturated carbocycles. The van der Waals surface area contributed by atoms with E-state index in [-0.39, 0.29) is 10.8 Å². The van der Waals surface area contributed by atoms with Crippen LogP contribution in [0.15, 0.2) is 71.6 Å². The van der Waals surface area contributed by atoms with E-state index in [0.29, 0.717) is 16.8 Å². The molecule has 0 spiro atoms. The van der Waals surface area contributed by atoms with Gasteiger partial charge in [-0.15, -0.1) is 0 Å². The van der Waals surface area contributed by atoms with Gasteiger partial charge in [-0.25, -0.2) is 0 Å². The Kier molecular flexibility index (Phi) is 5.65. The standard InChI is InChI=1S/C26H26N2O3S/c1-17-14-19(3)26(20(4)15-17)32(29,30)31-25-16-23(22-11-7-6-8-12-22)27-28(25)24-13-9-10-18(2)21(24)5/h6-16H,1-5H3. The van der Waals surface area contributed by atoms with Crippen LogP contribution < -0.4 is 4.18 Å². The Labute approximate surface area is 189 Å². The van der Waals surface area contributed by atoms with Crippen molar-refractivity contribution < 1.29 is 12.6 Å². The minimum Gasteiger partial charge on any atom is -0.358 e. The maximum absolute atomic E-state index is 13.4. The van der Waals surface area contributed by atoms with E-state index < -0.39 is 10.1 Å². The fraction of sp³-hybridized carbons (Fsp3) is 0.192. The van der Waals surface area contributed by atoms with Crippen LogP contribution in [0.1, 0.15) is 27.8 Å². The van der Waals surface area contributed by atoms with Crippen molar-refractivity contribution in [1.29, 1.82) is 0 Å². The first-order valence-corrected chi connectivity index (χ1v) is 11.8. The van der Waals surface area contributed by atoms with Gasteiger partial charge >= 0.3 is 10.1 Å². The summed E-state index contributed by atoms with van der Waals surface area (Å²) in [6.45, 7) is 9.51. The predicted octanol–water partition coefficient (Wildman–Crippen LogP) is 5.85. The number of aromatic nitrogens is 2. The highest BCUT2D eigenvalue weighted by Crippen LogP contribution is 2.32.